The molecule has 30 heavy (non-hydrogen) atoms. The Morgan fingerprint density at radius 2 is 1.97 bits per heavy atom. The van der Waals surface area contributed by atoms with Crippen LogP contribution in [0.3, 0.4) is 0 Å². The molecular formula is C21H23N7O2. The van der Waals surface area contributed by atoms with Gasteiger partial charge in [-0.15, -0.1) is 0 Å². The number of aromatic amines is 1. The summed E-state index contributed by atoms with van der Waals surface area (Å²) in [5.41, 5.74) is 2.27. The highest BCUT2D eigenvalue weighted by Gasteiger charge is 2.16. The van der Waals surface area contributed by atoms with E-state index in [4.69, 9.17) is 10.00 Å². The van der Waals surface area contributed by atoms with Gasteiger partial charge >= 0.3 is 6.09 Å². The number of H-pyrrole nitrogens is 1. The van der Waals surface area contributed by atoms with Gasteiger partial charge < -0.3 is 20.4 Å². The molecular weight excluding hydrogens is 382 g/mol. The lowest BCUT2D eigenvalue weighted by Crippen LogP contribution is -2.35. The third-order valence-corrected chi connectivity index (χ3v) is 3.91. The van der Waals surface area contributed by atoms with Crippen LogP contribution >= 0.6 is 0 Å². The fourth-order valence-electron chi connectivity index (χ4n) is 2.63. The number of aromatic nitrogens is 4. The Bertz CT molecular complexity index is 1030. The van der Waals surface area contributed by atoms with Crippen LogP contribution in [0.25, 0.3) is 22.6 Å². The molecule has 3 N–H and O–H groups in total. The van der Waals surface area contributed by atoms with Crippen LogP contribution < -0.4 is 10.6 Å². The molecule has 0 aliphatic carbocycles. The van der Waals surface area contributed by atoms with Crippen molar-refractivity contribution >= 4 is 12.0 Å². The van der Waals surface area contributed by atoms with Gasteiger partial charge in [-0.25, -0.2) is 19.7 Å². The standard InChI is InChI=1S/C21H23N7O2/c1-21(2,3)30-20(29)26-11-10-25-19-27-13-16(18-23-8-9-24-18)17(28-19)15-6-4-14(12-22)5-7-15/h4-9,13H,10-11H2,1-3H3,(H,23,24)(H,26,29)(H,25,27,28). The normalized spacial score (nSPS) is 10.9. The first-order valence-electron chi connectivity index (χ1n) is 9.44. The molecule has 0 atom stereocenters. The molecule has 0 unspecified atom stereocenters. The number of hydrogen-bond acceptors (Lipinski definition) is 7. The van der Waals surface area contributed by atoms with Gasteiger partial charge in [-0.05, 0) is 32.9 Å². The molecule has 1 amide bonds. The molecule has 3 rings (SSSR count). The van der Waals surface area contributed by atoms with Crippen molar-refractivity contribution in [3.05, 3.63) is 48.4 Å². The van der Waals surface area contributed by atoms with E-state index in [9.17, 15) is 4.79 Å². The number of hydrogen-bond donors (Lipinski definition) is 3. The molecule has 154 valence electrons. The van der Waals surface area contributed by atoms with Crippen LogP contribution in [0.5, 0.6) is 0 Å². The second-order valence-corrected chi connectivity index (χ2v) is 7.44. The first-order valence-corrected chi connectivity index (χ1v) is 9.44. The maximum atomic E-state index is 11.7. The van der Waals surface area contributed by atoms with Gasteiger partial charge in [0.05, 0.1) is 22.9 Å². The Hall–Kier alpha value is -3.93. The lowest BCUT2D eigenvalue weighted by Gasteiger charge is -2.19. The Labute approximate surface area is 174 Å². The predicted octanol–water partition coefficient (Wildman–Crippen LogP) is 3.34. The third-order valence-electron chi connectivity index (χ3n) is 3.91. The van der Waals surface area contributed by atoms with Crippen LogP contribution in [0, 0.1) is 11.3 Å². The molecule has 0 aliphatic heterocycles. The summed E-state index contributed by atoms with van der Waals surface area (Å²) in [5.74, 6) is 1.06. The zero-order valence-electron chi connectivity index (χ0n) is 17.1. The molecule has 9 nitrogen and oxygen atoms in total. The van der Waals surface area contributed by atoms with Crippen molar-refractivity contribution in [1.82, 2.24) is 25.3 Å². The zero-order chi connectivity index (χ0) is 21.6. The first-order chi connectivity index (χ1) is 14.4. The van der Waals surface area contributed by atoms with Gasteiger partial charge in [0.1, 0.15) is 11.4 Å². The Kier molecular flexibility index (Phi) is 6.27. The number of carbonyl (C=O) groups excluding carboxylic acids is 1. The highest BCUT2D eigenvalue weighted by atomic mass is 16.6. The summed E-state index contributed by atoms with van der Waals surface area (Å²) in [6.07, 6.45) is 4.60. The molecule has 0 saturated carbocycles. The fraction of sp³-hybridized carbons (Fsp3) is 0.286. The summed E-state index contributed by atoms with van der Waals surface area (Å²) in [5, 5.41) is 14.8. The van der Waals surface area contributed by atoms with Crippen molar-refractivity contribution in [2.24, 2.45) is 0 Å². The van der Waals surface area contributed by atoms with E-state index in [-0.39, 0.29) is 0 Å². The molecule has 0 saturated heterocycles. The van der Waals surface area contributed by atoms with Crippen molar-refractivity contribution in [2.45, 2.75) is 26.4 Å². The average Bonchev–Trinajstić information content (AvgIpc) is 3.24. The summed E-state index contributed by atoms with van der Waals surface area (Å²) >= 11 is 0. The number of rotatable bonds is 6. The molecule has 1 aromatic carbocycles. The third kappa shape index (κ3) is 5.54. The number of benzene rings is 1. The van der Waals surface area contributed by atoms with Gasteiger partial charge in [-0.1, -0.05) is 12.1 Å². The van der Waals surface area contributed by atoms with Crippen molar-refractivity contribution in [1.29, 1.82) is 5.26 Å². The van der Waals surface area contributed by atoms with Gasteiger partial charge in [0.25, 0.3) is 0 Å². The topological polar surface area (TPSA) is 129 Å². The second-order valence-electron chi connectivity index (χ2n) is 7.44. The van der Waals surface area contributed by atoms with E-state index in [2.05, 4.69) is 36.6 Å². The molecule has 9 heteroatoms. The molecule has 0 fully saturated rings. The highest BCUT2D eigenvalue weighted by Crippen LogP contribution is 2.28. The number of alkyl carbamates (subject to hydrolysis) is 1. The Balaban J connectivity index is 1.74. The number of nitrogens with one attached hydrogen (secondary N) is 3. The van der Waals surface area contributed by atoms with Gasteiger partial charge in [0.15, 0.2) is 0 Å². The van der Waals surface area contributed by atoms with E-state index in [0.29, 0.717) is 36.1 Å². The molecule has 0 bridgehead atoms. The van der Waals surface area contributed by atoms with E-state index in [1.807, 2.05) is 32.9 Å². The van der Waals surface area contributed by atoms with E-state index < -0.39 is 11.7 Å². The number of amides is 1. The monoisotopic (exact) mass is 405 g/mol. The quantitative estimate of drug-likeness (QED) is 0.536. The summed E-state index contributed by atoms with van der Waals surface area (Å²) < 4.78 is 5.20. The first kappa shape index (κ1) is 20.8. The van der Waals surface area contributed by atoms with Gasteiger partial charge in [-0.2, -0.15) is 5.26 Å². The fourth-order valence-corrected chi connectivity index (χ4v) is 2.63. The van der Waals surface area contributed by atoms with Gasteiger partial charge in [0.2, 0.25) is 5.95 Å². The predicted molar refractivity (Wildman–Crippen MR) is 112 cm³/mol. The zero-order valence-corrected chi connectivity index (χ0v) is 17.1. The number of anilines is 1. The Morgan fingerprint density at radius 1 is 1.20 bits per heavy atom. The van der Waals surface area contributed by atoms with Crippen LogP contribution in [0.1, 0.15) is 26.3 Å². The maximum Gasteiger partial charge on any atom is 0.407 e. The molecule has 0 aliphatic rings. The maximum absolute atomic E-state index is 11.7. The minimum atomic E-state index is -0.543. The molecule has 2 aromatic heterocycles. The lowest BCUT2D eigenvalue weighted by molar-refractivity contribution is 0.0530. The van der Waals surface area contributed by atoms with Crippen molar-refractivity contribution < 1.29 is 9.53 Å². The van der Waals surface area contributed by atoms with Crippen molar-refractivity contribution in [3.63, 3.8) is 0 Å². The summed E-state index contributed by atoms with van der Waals surface area (Å²) in [6, 6.07) is 9.25. The minimum Gasteiger partial charge on any atom is -0.444 e. The van der Waals surface area contributed by atoms with Crippen molar-refractivity contribution in [3.8, 4) is 28.7 Å². The summed E-state index contributed by atoms with van der Waals surface area (Å²) in [7, 11) is 0. The minimum absolute atomic E-state index is 0.352. The van der Waals surface area contributed by atoms with E-state index >= 15 is 0 Å². The van der Waals surface area contributed by atoms with Crippen LogP contribution in [-0.2, 0) is 4.74 Å². The largest absolute Gasteiger partial charge is 0.444 e. The van der Waals surface area contributed by atoms with Gasteiger partial charge in [0, 0.05) is 37.2 Å². The summed E-state index contributed by atoms with van der Waals surface area (Å²) in [6.45, 7) is 6.20. The van der Waals surface area contributed by atoms with Crippen LogP contribution in [0.4, 0.5) is 10.7 Å². The van der Waals surface area contributed by atoms with Crippen LogP contribution in [-0.4, -0.2) is 44.7 Å². The van der Waals surface area contributed by atoms with E-state index in [1.54, 1.807) is 30.7 Å². The molecule has 0 radical (unpaired) electrons. The molecule has 2 heterocycles. The smallest absolute Gasteiger partial charge is 0.407 e. The van der Waals surface area contributed by atoms with E-state index in [0.717, 1.165) is 11.1 Å². The number of carbonyl (C=O) groups is 1. The second kappa shape index (κ2) is 9.05. The average molecular weight is 405 g/mol. The number of imidazole rings is 1. The van der Waals surface area contributed by atoms with Crippen LogP contribution in [0.15, 0.2) is 42.9 Å². The molecule has 3 aromatic rings. The number of nitriles is 1. The van der Waals surface area contributed by atoms with E-state index in [1.165, 1.54) is 0 Å². The number of ether oxygens (including phenoxy) is 1. The highest BCUT2D eigenvalue weighted by molar-refractivity contribution is 5.77. The Morgan fingerprint density at radius 3 is 2.60 bits per heavy atom. The molecule has 0 spiro atoms. The van der Waals surface area contributed by atoms with Crippen LogP contribution in [0.2, 0.25) is 0 Å². The summed E-state index contributed by atoms with van der Waals surface area (Å²) in [4.78, 5) is 28.0. The SMILES string of the molecule is CC(C)(C)OC(=O)NCCNc1ncc(-c2ncc[nH]2)c(-c2ccc(C#N)cc2)n1. The lowest BCUT2D eigenvalue weighted by atomic mass is 10.1. The van der Waals surface area contributed by atoms with Gasteiger partial charge in [-0.3, -0.25) is 0 Å². The van der Waals surface area contributed by atoms with Crippen molar-refractivity contribution in [2.75, 3.05) is 18.4 Å². The number of nitrogens with zero attached hydrogens (tertiary/aromatic N) is 4.